The van der Waals surface area contributed by atoms with E-state index < -0.39 is 0 Å². The highest BCUT2D eigenvalue weighted by molar-refractivity contribution is 14.1. The third kappa shape index (κ3) is 2.55. The van der Waals surface area contributed by atoms with Crippen molar-refractivity contribution in [2.24, 2.45) is 0 Å². The van der Waals surface area contributed by atoms with Crippen molar-refractivity contribution in [2.45, 2.75) is 0 Å². The fourth-order valence-corrected chi connectivity index (χ4v) is 1.81. The van der Waals surface area contributed by atoms with Gasteiger partial charge in [-0.1, -0.05) is 0 Å². The molecular weight excluding hydrogens is 328 g/mol. The molecular formula is C10H5ClINO2. The number of aldehydes is 1. The summed E-state index contributed by atoms with van der Waals surface area (Å²) in [5, 5.41) is 8.81. The van der Waals surface area contributed by atoms with E-state index in [-0.39, 0.29) is 22.8 Å². The summed E-state index contributed by atoms with van der Waals surface area (Å²) < 4.78 is 0.644. The van der Waals surface area contributed by atoms with Crippen molar-refractivity contribution in [3.8, 4) is 6.07 Å². The number of nitrogens with zero attached hydrogens (tertiary/aromatic N) is 1. The largest absolute Gasteiger partial charge is 0.298 e. The minimum Gasteiger partial charge on any atom is -0.298 e. The number of carbonyl (C=O) groups is 2. The summed E-state index contributed by atoms with van der Waals surface area (Å²) in [6, 6.07) is 4.81. The number of Topliss-reactive ketones (excluding diaryl/α,β-unsaturated/α-hetero) is 1. The standard InChI is InChI=1S/C10H5ClINO2/c11-3-10(15)8-1-7(5-14)9(12)2-6(8)4-13/h1-2,5H,3H2. The molecule has 1 aromatic carbocycles. The average molecular weight is 334 g/mol. The molecule has 0 spiro atoms. The predicted molar refractivity (Wildman–Crippen MR) is 64.3 cm³/mol. The summed E-state index contributed by atoms with van der Waals surface area (Å²) in [5.74, 6) is -0.555. The van der Waals surface area contributed by atoms with Crippen LogP contribution in [0.15, 0.2) is 12.1 Å². The van der Waals surface area contributed by atoms with Crippen LogP contribution in [0.5, 0.6) is 0 Å². The van der Waals surface area contributed by atoms with E-state index >= 15 is 0 Å². The number of rotatable bonds is 3. The number of nitriles is 1. The Labute approximate surface area is 105 Å². The summed E-state index contributed by atoms with van der Waals surface area (Å²) in [6.07, 6.45) is 0.647. The van der Waals surface area contributed by atoms with Crippen LogP contribution < -0.4 is 0 Å². The minimum absolute atomic E-state index is 0.201. The van der Waals surface area contributed by atoms with Crippen LogP contribution in [0.4, 0.5) is 0 Å². The van der Waals surface area contributed by atoms with Crippen molar-refractivity contribution in [3.05, 3.63) is 32.4 Å². The third-order valence-corrected chi connectivity index (χ3v) is 2.98. The highest BCUT2D eigenvalue weighted by atomic mass is 127. The van der Waals surface area contributed by atoms with Gasteiger partial charge in [0.1, 0.15) is 0 Å². The molecule has 0 saturated carbocycles. The van der Waals surface area contributed by atoms with E-state index in [9.17, 15) is 9.59 Å². The lowest BCUT2D eigenvalue weighted by Crippen LogP contribution is -2.05. The highest BCUT2D eigenvalue weighted by Gasteiger charge is 2.13. The first-order valence-corrected chi connectivity index (χ1v) is 5.53. The Balaban J connectivity index is 3.43. The number of alkyl halides is 1. The van der Waals surface area contributed by atoms with Gasteiger partial charge in [-0.3, -0.25) is 9.59 Å². The number of benzene rings is 1. The quantitative estimate of drug-likeness (QED) is 0.369. The van der Waals surface area contributed by atoms with Crippen molar-refractivity contribution in [1.29, 1.82) is 5.26 Å². The van der Waals surface area contributed by atoms with Gasteiger partial charge in [0.25, 0.3) is 0 Å². The van der Waals surface area contributed by atoms with E-state index in [1.165, 1.54) is 12.1 Å². The Morgan fingerprint density at radius 2 is 2.27 bits per heavy atom. The molecule has 0 amide bonds. The van der Waals surface area contributed by atoms with E-state index in [1.807, 2.05) is 28.7 Å². The van der Waals surface area contributed by atoms with Crippen LogP contribution in [0.3, 0.4) is 0 Å². The second-order valence-electron chi connectivity index (χ2n) is 2.71. The fourth-order valence-electron chi connectivity index (χ4n) is 1.08. The van der Waals surface area contributed by atoms with Gasteiger partial charge in [-0.25, -0.2) is 0 Å². The molecule has 0 N–H and O–H groups in total. The van der Waals surface area contributed by atoms with Gasteiger partial charge >= 0.3 is 0 Å². The molecule has 0 heterocycles. The van der Waals surface area contributed by atoms with Crippen LogP contribution in [0, 0.1) is 14.9 Å². The second kappa shape index (κ2) is 5.24. The predicted octanol–water partition coefficient (Wildman–Crippen LogP) is 2.40. The molecule has 0 aromatic heterocycles. The number of carbonyl (C=O) groups excluding carboxylic acids is 2. The normalized spacial score (nSPS) is 9.40. The van der Waals surface area contributed by atoms with Gasteiger partial charge in [0.15, 0.2) is 12.1 Å². The topological polar surface area (TPSA) is 57.9 Å². The van der Waals surface area contributed by atoms with Gasteiger partial charge in [0.2, 0.25) is 0 Å². The molecule has 0 radical (unpaired) electrons. The van der Waals surface area contributed by atoms with Crippen LogP contribution in [0.1, 0.15) is 26.3 Å². The van der Waals surface area contributed by atoms with Gasteiger partial charge < -0.3 is 0 Å². The van der Waals surface area contributed by atoms with Gasteiger partial charge in [0, 0.05) is 14.7 Å². The van der Waals surface area contributed by atoms with Crippen LogP contribution in [-0.4, -0.2) is 17.9 Å². The van der Waals surface area contributed by atoms with Gasteiger partial charge in [-0.05, 0) is 34.7 Å². The lowest BCUT2D eigenvalue weighted by molar-refractivity contribution is 0.102. The van der Waals surface area contributed by atoms with Crippen molar-refractivity contribution in [1.82, 2.24) is 0 Å². The number of hydrogen-bond acceptors (Lipinski definition) is 3. The summed E-state index contributed by atoms with van der Waals surface area (Å²) in [5.41, 5.74) is 0.841. The molecule has 0 aliphatic carbocycles. The molecule has 0 fully saturated rings. The first-order chi connectivity index (χ1) is 7.13. The Bertz CT molecular complexity index is 465. The van der Waals surface area contributed by atoms with E-state index in [4.69, 9.17) is 16.9 Å². The Morgan fingerprint density at radius 1 is 1.60 bits per heavy atom. The number of halogens is 2. The molecule has 0 unspecified atom stereocenters. The molecule has 0 bridgehead atoms. The lowest BCUT2D eigenvalue weighted by atomic mass is 10.0. The van der Waals surface area contributed by atoms with Crippen molar-refractivity contribution >= 4 is 46.3 Å². The van der Waals surface area contributed by atoms with Crippen molar-refractivity contribution in [3.63, 3.8) is 0 Å². The maximum atomic E-state index is 11.4. The van der Waals surface area contributed by atoms with Crippen LogP contribution in [0.2, 0.25) is 0 Å². The highest BCUT2D eigenvalue weighted by Crippen LogP contribution is 2.18. The smallest absolute Gasteiger partial charge is 0.178 e. The molecule has 0 aliphatic heterocycles. The van der Waals surface area contributed by atoms with E-state index in [0.717, 1.165) is 0 Å². The Morgan fingerprint density at radius 3 is 2.73 bits per heavy atom. The minimum atomic E-state index is -0.354. The van der Waals surface area contributed by atoms with Crippen LogP contribution in [-0.2, 0) is 0 Å². The van der Waals surface area contributed by atoms with Crippen molar-refractivity contribution < 1.29 is 9.59 Å². The maximum Gasteiger partial charge on any atom is 0.178 e. The maximum absolute atomic E-state index is 11.4. The molecule has 0 aliphatic rings. The molecule has 15 heavy (non-hydrogen) atoms. The van der Waals surface area contributed by atoms with E-state index in [0.29, 0.717) is 15.4 Å². The first kappa shape index (κ1) is 12.1. The van der Waals surface area contributed by atoms with Crippen molar-refractivity contribution in [2.75, 3.05) is 5.88 Å². The molecule has 76 valence electrons. The van der Waals surface area contributed by atoms with Crippen LogP contribution in [0.25, 0.3) is 0 Å². The van der Waals surface area contributed by atoms with Crippen LogP contribution >= 0.6 is 34.2 Å². The third-order valence-electron chi connectivity index (χ3n) is 1.81. The zero-order valence-electron chi connectivity index (χ0n) is 7.46. The van der Waals surface area contributed by atoms with Gasteiger partial charge in [-0.15, -0.1) is 11.6 Å². The Kier molecular flexibility index (Phi) is 4.24. The average Bonchev–Trinajstić information content (AvgIpc) is 2.27. The summed E-state index contributed by atoms with van der Waals surface area (Å²) in [7, 11) is 0. The fraction of sp³-hybridized carbons (Fsp3) is 0.100. The summed E-state index contributed by atoms with van der Waals surface area (Å²) >= 11 is 7.34. The molecule has 5 heteroatoms. The SMILES string of the molecule is N#Cc1cc(I)c(C=O)cc1C(=O)CCl. The molecule has 0 saturated heterocycles. The lowest BCUT2D eigenvalue weighted by Gasteiger charge is -2.03. The zero-order valence-corrected chi connectivity index (χ0v) is 10.4. The van der Waals surface area contributed by atoms with E-state index in [1.54, 1.807) is 0 Å². The number of hydrogen-bond donors (Lipinski definition) is 0. The monoisotopic (exact) mass is 333 g/mol. The zero-order chi connectivity index (χ0) is 11.4. The van der Waals surface area contributed by atoms with Gasteiger partial charge in [0.05, 0.1) is 17.5 Å². The summed E-state index contributed by atoms with van der Waals surface area (Å²) in [4.78, 5) is 22.0. The summed E-state index contributed by atoms with van der Waals surface area (Å²) in [6.45, 7) is 0. The molecule has 1 aromatic rings. The first-order valence-electron chi connectivity index (χ1n) is 3.92. The second-order valence-corrected chi connectivity index (χ2v) is 4.14. The molecule has 0 atom stereocenters. The van der Waals surface area contributed by atoms with Gasteiger partial charge in [-0.2, -0.15) is 5.26 Å². The molecule has 1 rings (SSSR count). The number of ketones is 1. The Hall–Kier alpha value is -0.930. The van der Waals surface area contributed by atoms with E-state index in [2.05, 4.69) is 0 Å². The molecule has 3 nitrogen and oxygen atoms in total.